The number of nitrogens with zero attached hydrogens (tertiary/aromatic N) is 6. The highest BCUT2D eigenvalue weighted by atomic mass is 32.2. The summed E-state index contributed by atoms with van der Waals surface area (Å²) in [5.74, 6) is -0.665. The second kappa shape index (κ2) is 12.6. The average molecular weight is 674 g/mol. The van der Waals surface area contributed by atoms with Gasteiger partial charge in [-0.05, 0) is 55.5 Å². The highest BCUT2D eigenvalue weighted by Crippen LogP contribution is 2.50. The van der Waals surface area contributed by atoms with Gasteiger partial charge in [-0.1, -0.05) is 36.4 Å². The molecule has 1 saturated heterocycles. The Morgan fingerprint density at radius 1 is 0.939 bits per heavy atom. The Bertz CT molecular complexity index is 2230. The van der Waals surface area contributed by atoms with Crippen molar-refractivity contribution >= 4 is 44.2 Å². The van der Waals surface area contributed by atoms with Gasteiger partial charge in [0.15, 0.2) is 5.54 Å². The van der Waals surface area contributed by atoms with Crippen molar-refractivity contribution in [2.45, 2.75) is 17.4 Å². The van der Waals surface area contributed by atoms with Crippen LogP contribution in [0.2, 0.25) is 0 Å². The van der Waals surface area contributed by atoms with Crippen LogP contribution in [0.1, 0.15) is 23.6 Å². The van der Waals surface area contributed by atoms with E-state index in [1.165, 1.54) is 30.5 Å². The molecule has 0 saturated carbocycles. The van der Waals surface area contributed by atoms with Gasteiger partial charge in [0.05, 0.1) is 29.4 Å². The molecule has 3 amide bonds. The van der Waals surface area contributed by atoms with Crippen molar-refractivity contribution in [3.63, 3.8) is 0 Å². The fourth-order valence-electron chi connectivity index (χ4n) is 6.55. The third-order valence-electron chi connectivity index (χ3n) is 8.85. The number of nitriles is 1. The number of ether oxygens (including phenoxy) is 1. The van der Waals surface area contributed by atoms with Crippen LogP contribution in [0, 0.1) is 11.3 Å². The molecular weight excluding hydrogens is 643 g/mol. The van der Waals surface area contributed by atoms with E-state index in [1.807, 2.05) is 12.1 Å². The van der Waals surface area contributed by atoms with E-state index in [9.17, 15) is 18.5 Å². The maximum Gasteiger partial charge on any atom is 0.318 e. The molecule has 12 nitrogen and oxygen atoms in total. The number of urea groups is 1. The summed E-state index contributed by atoms with van der Waals surface area (Å²) in [4.78, 5) is 41.5. The standard InChI is InChI=1S/C36H31N7O5S/c1-2-48-31-10-4-3-9-28(31)36(40-35(45)42-21-19-41(20-22-42)27-14-17-38-18-15-27)29-23-25(24-37)12-13-30(29)43(34(36)44)49(46,47)32-11-5-7-26-8-6-16-39-33(26)32/h3-18,23H,2,19-22H2,1H3,(H,40,45). The van der Waals surface area contributed by atoms with Gasteiger partial charge in [0, 0.05) is 67.0 Å². The van der Waals surface area contributed by atoms with E-state index < -0.39 is 27.5 Å². The number of sulfonamides is 1. The number of amides is 3. The smallest absolute Gasteiger partial charge is 0.318 e. The summed E-state index contributed by atoms with van der Waals surface area (Å²) in [6.07, 6.45) is 4.90. The number of pyridine rings is 2. The Morgan fingerprint density at radius 2 is 1.69 bits per heavy atom. The number of carbonyl (C=O) groups excluding carboxylic acids is 2. The van der Waals surface area contributed by atoms with Crippen LogP contribution in [-0.4, -0.2) is 68.0 Å². The van der Waals surface area contributed by atoms with Crippen LogP contribution < -0.4 is 19.3 Å². The Hall–Kier alpha value is -6.00. The maximum absolute atomic E-state index is 15.2. The van der Waals surface area contributed by atoms with E-state index in [2.05, 4.69) is 26.3 Å². The van der Waals surface area contributed by atoms with Gasteiger partial charge >= 0.3 is 6.03 Å². The van der Waals surface area contributed by atoms with Crippen molar-refractivity contribution in [3.05, 3.63) is 120 Å². The summed E-state index contributed by atoms with van der Waals surface area (Å²) >= 11 is 0. The SMILES string of the molecule is CCOc1ccccc1C1(NC(=O)N2CCN(c3ccncc3)CC2)C(=O)N(S(=O)(=O)c2cccc3cccnc23)c2ccc(C#N)cc21. The maximum atomic E-state index is 15.2. The van der Waals surface area contributed by atoms with Crippen LogP contribution in [0.3, 0.4) is 0 Å². The zero-order valence-electron chi connectivity index (χ0n) is 26.5. The molecular formula is C36H31N7O5S. The van der Waals surface area contributed by atoms with Crippen LogP contribution in [-0.2, 0) is 20.4 Å². The van der Waals surface area contributed by atoms with Crippen molar-refractivity contribution in [2.75, 3.05) is 42.0 Å². The Kier molecular flexibility index (Phi) is 8.09. The number of aromatic nitrogens is 2. The molecule has 2 aliphatic heterocycles. The molecule has 7 rings (SSSR count). The first-order valence-electron chi connectivity index (χ1n) is 15.7. The van der Waals surface area contributed by atoms with Crippen LogP contribution in [0.4, 0.5) is 16.2 Å². The van der Waals surface area contributed by atoms with Gasteiger partial charge in [0.2, 0.25) is 0 Å². The lowest BCUT2D eigenvalue weighted by atomic mass is 9.82. The Labute approximate surface area is 283 Å². The number of piperazine rings is 1. The number of rotatable bonds is 7. The molecule has 2 aromatic heterocycles. The van der Waals surface area contributed by atoms with E-state index in [0.29, 0.717) is 31.6 Å². The van der Waals surface area contributed by atoms with Gasteiger partial charge in [-0.25, -0.2) is 13.2 Å². The number of carbonyl (C=O) groups is 2. The minimum absolute atomic E-state index is 0.00559. The van der Waals surface area contributed by atoms with E-state index in [1.54, 1.807) is 72.7 Å². The molecule has 13 heteroatoms. The van der Waals surface area contributed by atoms with Crippen molar-refractivity contribution in [2.24, 2.45) is 0 Å². The monoisotopic (exact) mass is 673 g/mol. The molecule has 5 aromatic rings. The molecule has 1 N–H and O–H groups in total. The lowest BCUT2D eigenvalue weighted by Gasteiger charge is -2.38. The van der Waals surface area contributed by atoms with Crippen molar-refractivity contribution < 1.29 is 22.7 Å². The quantitative estimate of drug-likeness (QED) is 0.265. The predicted molar refractivity (Wildman–Crippen MR) is 183 cm³/mol. The largest absolute Gasteiger partial charge is 0.493 e. The fraction of sp³-hybridized carbons (Fsp3) is 0.194. The first-order valence-corrected chi connectivity index (χ1v) is 17.2. The normalized spacial score (nSPS) is 17.5. The van der Waals surface area contributed by atoms with Crippen LogP contribution >= 0.6 is 0 Å². The highest BCUT2D eigenvalue weighted by molar-refractivity contribution is 7.93. The molecule has 0 bridgehead atoms. The van der Waals surface area contributed by atoms with Gasteiger partial charge in [-0.3, -0.25) is 14.8 Å². The zero-order chi connectivity index (χ0) is 34.2. The van der Waals surface area contributed by atoms with Crippen molar-refractivity contribution in [1.82, 2.24) is 20.2 Å². The summed E-state index contributed by atoms with van der Waals surface area (Å²) in [7, 11) is -4.63. The lowest BCUT2D eigenvalue weighted by Crippen LogP contribution is -2.60. The van der Waals surface area contributed by atoms with E-state index in [0.717, 1.165) is 9.99 Å². The number of hydrogen-bond acceptors (Lipinski definition) is 9. The number of anilines is 2. The molecule has 2 aliphatic rings. The van der Waals surface area contributed by atoms with E-state index in [-0.39, 0.29) is 45.1 Å². The minimum Gasteiger partial charge on any atom is -0.493 e. The van der Waals surface area contributed by atoms with E-state index >= 15 is 4.79 Å². The summed E-state index contributed by atoms with van der Waals surface area (Å²) in [5.41, 5.74) is -0.374. The first-order chi connectivity index (χ1) is 23.8. The molecule has 0 spiro atoms. The number of para-hydroxylation sites is 2. The number of fused-ring (bicyclic) bond motifs is 2. The molecule has 1 atom stereocenters. The summed E-state index contributed by atoms with van der Waals surface area (Å²) < 4.78 is 36.1. The first kappa shape index (κ1) is 31.6. The highest BCUT2D eigenvalue weighted by Gasteiger charge is 2.59. The molecule has 4 heterocycles. The van der Waals surface area contributed by atoms with Crippen molar-refractivity contribution in [1.29, 1.82) is 5.26 Å². The molecule has 0 radical (unpaired) electrons. The second-order valence-corrected chi connectivity index (χ2v) is 13.3. The second-order valence-electron chi connectivity index (χ2n) is 11.5. The van der Waals surface area contributed by atoms with Gasteiger partial charge in [-0.15, -0.1) is 0 Å². The lowest BCUT2D eigenvalue weighted by molar-refractivity contribution is -0.121. The predicted octanol–water partition coefficient (Wildman–Crippen LogP) is 4.41. The van der Waals surface area contributed by atoms with Gasteiger partial charge in [0.25, 0.3) is 15.9 Å². The van der Waals surface area contributed by atoms with E-state index in [4.69, 9.17) is 4.74 Å². The average Bonchev–Trinajstić information content (AvgIpc) is 3.39. The third-order valence-corrected chi connectivity index (χ3v) is 10.6. The minimum atomic E-state index is -4.63. The van der Waals surface area contributed by atoms with Crippen molar-refractivity contribution in [3.8, 4) is 11.8 Å². The number of benzene rings is 3. The molecule has 1 unspecified atom stereocenters. The third kappa shape index (κ3) is 5.26. The fourth-order valence-corrected chi connectivity index (χ4v) is 8.19. The Morgan fingerprint density at radius 3 is 2.45 bits per heavy atom. The molecule has 1 fully saturated rings. The topological polar surface area (TPSA) is 149 Å². The van der Waals surface area contributed by atoms with Crippen LogP contribution in [0.25, 0.3) is 10.9 Å². The molecule has 3 aromatic carbocycles. The number of hydrogen-bond donors (Lipinski definition) is 1. The summed E-state index contributed by atoms with van der Waals surface area (Å²) in [6.45, 7) is 3.74. The van der Waals surface area contributed by atoms with Crippen LogP contribution in [0.5, 0.6) is 5.75 Å². The van der Waals surface area contributed by atoms with Crippen LogP contribution in [0.15, 0.2) is 108 Å². The summed E-state index contributed by atoms with van der Waals surface area (Å²) in [6, 6.07) is 24.5. The van der Waals surface area contributed by atoms with Gasteiger partial charge in [0.1, 0.15) is 10.6 Å². The Balaban J connectivity index is 1.37. The van der Waals surface area contributed by atoms with Gasteiger partial charge < -0.3 is 19.9 Å². The molecule has 49 heavy (non-hydrogen) atoms. The van der Waals surface area contributed by atoms with Gasteiger partial charge in [-0.2, -0.15) is 9.57 Å². The number of nitrogens with one attached hydrogen (secondary N) is 1. The molecule has 0 aliphatic carbocycles. The zero-order valence-corrected chi connectivity index (χ0v) is 27.3. The molecule has 246 valence electrons. The summed E-state index contributed by atoms with van der Waals surface area (Å²) in [5, 5.41) is 13.5.